The third-order valence-electron chi connectivity index (χ3n) is 3.63. The highest BCUT2D eigenvalue weighted by Gasteiger charge is 2.19. The maximum Gasteiger partial charge on any atom is 0.0666 e. The summed E-state index contributed by atoms with van der Waals surface area (Å²) in [7, 11) is 4.07. The number of nitrogens with zero attached hydrogens (tertiary/aromatic N) is 3. The molecule has 17 heavy (non-hydrogen) atoms. The molecule has 0 aromatic carbocycles. The third kappa shape index (κ3) is 3.07. The quantitative estimate of drug-likeness (QED) is 0.852. The van der Waals surface area contributed by atoms with Crippen molar-refractivity contribution >= 4 is 0 Å². The van der Waals surface area contributed by atoms with Gasteiger partial charge in [-0.1, -0.05) is 6.92 Å². The molecule has 0 amide bonds. The van der Waals surface area contributed by atoms with E-state index < -0.39 is 0 Å². The van der Waals surface area contributed by atoms with Gasteiger partial charge in [0, 0.05) is 37.9 Å². The minimum absolute atomic E-state index is 0.658. The minimum Gasteiger partial charge on any atom is -0.316 e. The summed E-state index contributed by atoms with van der Waals surface area (Å²) in [6, 6.07) is 0.658. The summed E-state index contributed by atoms with van der Waals surface area (Å²) in [5, 5.41) is 7.90. The molecule has 1 N–H and O–H groups in total. The van der Waals surface area contributed by atoms with Gasteiger partial charge in [0.25, 0.3) is 0 Å². The Kier molecular flexibility index (Phi) is 4.18. The molecule has 0 aliphatic carbocycles. The van der Waals surface area contributed by atoms with Crippen molar-refractivity contribution in [3.63, 3.8) is 0 Å². The van der Waals surface area contributed by atoms with Crippen molar-refractivity contribution in [2.24, 2.45) is 7.05 Å². The first-order chi connectivity index (χ1) is 8.22. The van der Waals surface area contributed by atoms with Crippen molar-refractivity contribution in [3.8, 4) is 0 Å². The number of piperidine rings is 1. The normalized spacial score (nSPS) is 21.9. The van der Waals surface area contributed by atoms with Gasteiger partial charge in [-0.25, -0.2) is 0 Å². The molecule has 1 fully saturated rings. The molecule has 1 unspecified atom stereocenters. The first-order valence-electron chi connectivity index (χ1n) is 6.64. The number of hydrogen-bond donors (Lipinski definition) is 1. The zero-order valence-electron chi connectivity index (χ0n) is 11.2. The van der Waals surface area contributed by atoms with Gasteiger partial charge in [-0.3, -0.25) is 9.58 Å². The lowest BCUT2D eigenvalue weighted by Crippen LogP contribution is -2.43. The van der Waals surface area contributed by atoms with Gasteiger partial charge in [0.2, 0.25) is 0 Å². The molecule has 0 saturated carbocycles. The summed E-state index contributed by atoms with van der Waals surface area (Å²) in [6.45, 7) is 5.61. The van der Waals surface area contributed by atoms with E-state index in [0.717, 1.165) is 19.5 Å². The number of aryl methyl sites for hydroxylation is 2. The molecule has 0 radical (unpaired) electrons. The van der Waals surface area contributed by atoms with Crippen molar-refractivity contribution in [1.29, 1.82) is 0 Å². The van der Waals surface area contributed by atoms with Crippen LogP contribution in [0, 0.1) is 0 Å². The zero-order valence-corrected chi connectivity index (χ0v) is 11.2. The van der Waals surface area contributed by atoms with Crippen molar-refractivity contribution in [2.75, 3.05) is 20.1 Å². The number of likely N-dealkylation sites (tertiary alicyclic amines) is 1. The van der Waals surface area contributed by atoms with Crippen LogP contribution >= 0.6 is 0 Å². The summed E-state index contributed by atoms with van der Waals surface area (Å²) in [5.41, 5.74) is 2.64. The topological polar surface area (TPSA) is 33.1 Å². The van der Waals surface area contributed by atoms with E-state index in [9.17, 15) is 0 Å². The molecule has 0 spiro atoms. The average Bonchev–Trinajstić information content (AvgIpc) is 2.69. The first-order valence-corrected chi connectivity index (χ1v) is 6.64. The summed E-state index contributed by atoms with van der Waals surface area (Å²) in [5.74, 6) is 0. The van der Waals surface area contributed by atoms with Crippen molar-refractivity contribution in [2.45, 2.75) is 38.8 Å². The van der Waals surface area contributed by atoms with Crippen LogP contribution in [-0.2, 0) is 20.0 Å². The molecule has 96 valence electrons. The highest BCUT2D eigenvalue weighted by Crippen LogP contribution is 2.15. The van der Waals surface area contributed by atoms with Crippen molar-refractivity contribution in [1.82, 2.24) is 20.0 Å². The zero-order chi connectivity index (χ0) is 12.3. The van der Waals surface area contributed by atoms with Crippen LogP contribution < -0.4 is 5.32 Å². The summed E-state index contributed by atoms with van der Waals surface area (Å²) in [6.07, 6.45) is 5.80. The molecule has 1 saturated heterocycles. The van der Waals surface area contributed by atoms with E-state index in [2.05, 4.69) is 35.5 Å². The predicted molar refractivity (Wildman–Crippen MR) is 69.9 cm³/mol. The number of nitrogens with one attached hydrogen (secondary N) is 1. The van der Waals surface area contributed by atoms with Gasteiger partial charge in [-0.05, 0) is 32.9 Å². The Morgan fingerprint density at radius 1 is 1.53 bits per heavy atom. The largest absolute Gasteiger partial charge is 0.316 e. The van der Waals surface area contributed by atoms with Gasteiger partial charge in [-0.15, -0.1) is 0 Å². The third-order valence-corrected chi connectivity index (χ3v) is 3.63. The second-order valence-electron chi connectivity index (χ2n) is 4.99. The molecule has 2 heterocycles. The fraction of sp³-hybridized carbons (Fsp3) is 0.769. The number of aromatic nitrogens is 2. The monoisotopic (exact) mass is 236 g/mol. The van der Waals surface area contributed by atoms with Crippen LogP contribution in [0.1, 0.15) is 31.0 Å². The van der Waals surface area contributed by atoms with E-state index in [1.807, 2.05) is 11.7 Å². The molecule has 4 heteroatoms. The van der Waals surface area contributed by atoms with Gasteiger partial charge in [-0.2, -0.15) is 5.10 Å². The van der Waals surface area contributed by atoms with E-state index in [-0.39, 0.29) is 0 Å². The highest BCUT2D eigenvalue weighted by atomic mass is 15.3. The average molecular weight is 236 g/mol. The van der Waals surface area contributed by atoms with Crippen LogP contribution in [0.3, 0.4) is 0 Å². The van der Waals surface area contributed by atoms with E-state index in [0.29, 0.717) is 6.04 Å². The Balaban J connectivity index is 1.99. The van der Waals surface area contributed by atoms with Gasteiger partial charge in [0.05, 0.1) is 5.69 Å². The maximum atomic E-state index is 4.51. The standard InChI is InChI=1S/C13H24N4/c1-4-13-11(8-16(3)15-13)9-17-7-5-6-12(10-17)14-2/h8,12,14H,4-7,9-10H2,1-3H3. The first kappa shape index (κ1) is 12.6. The lowest BCUT2D eigenvalue weighted by atomic mass is 10.0. The van der Waals surface area contributed by atoms with Gasteiger partial charge >= 0.3 is 0 Å². The number of hydrogen-bond acceptors (Lipinski definition) is 3. The lowest BCUT2D eigenvalue weighted by molar-refractivity contribution is 0.187. The SMILES string of the molecule is CCc1nn(C)cc1CN1CCCC(NC)C1. The summed E-state index contributed by atoms with van der Waals surface area (Å²) in [4.78, 5) is 2.54. The Morgan fingerprint density at radius 3 is 3.06 bits per heavy atom. The second kappa shape index (κ2) is 5.65. The van der Waals surface area contributed by atoms with Crippen LogP contribution in [0.25, 0.3) is 0 Å². The van der Waals surface area contributed by atoms with Gasteiger partial charge in [0.15, 0.2) is 0 Å². The molecule has 1 aliphatic heterocycles. The van der Waals surface area contributed by atoms with Crippen LogP contribution in [0.2, 0.25) is 0 Å². The molecule has 1 aromatic heterocycles. The predicted octanol–water partition coefficient (Wildman–Crippen LogP) is 1.17. The van der Waals surface area contributed by atoms with E-state index in [4.69, 9.17) is 0 Å². The maximum absolute atomic E-state index is 4.51. The van der Waals surface area contributed by atoms with Gasteiger partial charge in [0.1, 0.15) is 0 Å². The van der Waals surface area contributed by atoms with Gasteiger partial charge < -0.3 is 5.32 Å². The smallest absolute Gasteiger partial charge is 0.0666 e. The molecule has 4 nitrogen and oxygen atoms in total. The van der Waals surface area contributed by atoms with Crippen molar-refractivity contribution in [3.05, 3.63) is 17.5 Å². The Hall–Kier alpha value is -0.870. The number of rotatable bonds is 4. The second-order valence-corrected chi connectivity index (χ2v) is 4.99. The molecular weight excluding hydrogens is 212 g/mol. The number of likely N-dealkylation sites (N-methyl/N-ethyl adjacent to an activating group) is 1. The minimum atomic E-state index is 0.658. The van der Waals surface area contributed by atoms with Crippen LogP contribution in [-0.4, -0.2) is 40.9 Å². The van der Waals surface area contributed by atoms with Crippen LogP contribution in [0.15, 0.2) is 6.20 Å². The summed E-state index contributed by atoms with van der Waals surface area (Å²) >= 11 is 0. The van der Waals surface area contributed by atoms with Crippen molar-refractivity contribution < 1.29 is 0 Å². The van der Waals surface area contributed by atoms with E-state index >= 15 is 0 Å². The highest BCUT2D eigenvalue weighted by molar-refractivity contribution is 5.17. The Bertz CT molecular complexity index is 358. The lowest BCUT2D eigenvalue weighted by Gasteiger charge is -2.32. The fourth-order valence-corrected chi connectivity index (χ4v) is 2.69. The molecule has 1 aromatic rings. The Labute approximate surface area is 104 Å². The Morgan fingerprint density at radius 2 is 2.35 bits per heavy atom. The van der Waals surface area contributed by atoms with E-state index in [1.54, 1.807) is 0 Å². The van der Waals surface area contributed by atoms with Crippen LogP contribution in [0.5, 0.6) is 0 Å². The van der Waals surface area contributed by atoms with E-state index in [1.165, 1.54) is 30.6 Å². The molecule has 1 aliphatic rings. The van der Waals surface area contributed by atoms with Crippen LogP contribution in [0.4, 0.5) is 0 Å². The fourth-order valence-electron chi connectivity index (χ4n) is 2.69. The molecule has 1 atom stereocenters. The molecule has 2 rings (SSSR count). The molecule has 0 bridgehead atoms. The summed E-state index contributed by atoms with van der Waals surface area (Å²) < 4.78 is 1.94. The molecular formula is C13H24N4.